The molecule has 0 unspecified atom stereocenters. The lowest BCUT2D eigenvalue weighted by Gasteiger charge is -2.34. The summed E-state index contributed by atoms with van der Waals surface area (Å²) < 4.78 is 1.74. The van der Waals surface area contributed by atoms with Gasteiger partial charge in [-0.15, -0.1) is 0 Å². The number of rotatable bonds is 3. The quantitative estimate of drug-likeness (QED) is 0.904. The lowest BCUT2D eigenvalue weighted by atomic mass is 9.86. The first-order valence-corrected chi connectivity index (χ1v) is 8.43. The van der Waals surface area contributed by atoms with Crippen LogP contribution in [-0.2, 0) is 7.05 Å². The van der Waals surface area contributed by atoms with Gasteiger partial charge in [0.15, 0.2) is 5.65 Å². The zero-order valence-electron chi connectivity index (χ0n) is 14.5. The molecule has 0 aliphatic heterocycles. The van der Waals surface area contributed by atoms with Crippen molar-refractivity contribution in [2.24, 2.45) is 13.0 Å². The molecule has 2 aromatic rings. The van der Waals surface area contributed by atoms with Gasteiger partial charge in [-0.1, -0.05) is 0 Å². The maximum absolute atomic E-state index is 12.5. The number of hydrogen-bond acceptors (Lipinski definition) is 4. The Morgan fingerprint density at radius 2 is 2.12 bits per heavy atom. The molecule has 2 heterocycles. The van der Waals surface area contributed by atoms with Crippen LogP contribution in [0.4, 0.5) is 10.5 Å². The first-order chi connectivity index (χ1) is 11.5. The summed E-state index contributed by atoms with van der Waals surface area (Å²) in [6, 6.07) is 2.02. The van der Waals surface area contributed by atoms with E-state index in [1.807, 2.05) is 27.1 Å². The predicted molar refractivity (Wildman–Crippen MR) is 92.9 cm³/mol. The van der Waals surface area contributed by atoms with E-state index in [9.17, 15) is 9.90 Å². The van der Waals surface area contributed by atoms with E-state index in [0.29, 0.717) is 11.6 Å². The molecule has 0 spiro atoms. The molecule has 1 fully saturated rings. The highest BCUT2D eigenvalue weighted by atomic mass is 16.3. The first-order valence-electron chi connectivity index (χ1n) is 8.43. The number of aliphatic hydroxyl groups is 1. The van der Waals surface area contributed by atoms with Crippen molar-refractivity contribution in [2.75, 3.05) is 19.0 Å². The number of nitrogens with zero attached hydrogens (tertiary/aromatic N) is 4. The summed E-state index contributed by atoms with van der Waals surface area (Å²) >= 11 is 0. The Hall–Kier alpha value is -2.15. The van der Waals surface area contributed by atoms with Gasteiger partial charge in [0.25, 0.3) is 0 Å². The fourth-order valence-corrected chi connectivity index (χ4v) is 3.47. The van der Waals surface area contributed by atoms with E-state index < -0.39 is 0 Å². The Kier molecular flexibility index (Phi) is 4.71. The molecule has 0 bridgehead atoms. The van der Waals surface area contributed by atoms with Gasteiger partial charge in [-0.2, -0.15) is 5.10 Å². The van der Waals surface area contributed by atoms with E-state index in [1.54, 1.807) is 15.8 Å². The molecule has 2 amide bonds. The summed E-state index contributed by atoms with van der Waals surface area (Å²) in [4.78, 5) is 18.7. The number of urea groups is 1. The number of carbonyl (C=O) groups excluding carboxylic acids is 1. The van der Waals surface area contributed by atoms with Crippen molar-refractivity contribution >= 4 is 22.8 Å². The van der Waals surface area contributed by atoms with Gasteiger partial charge < -0.3 is 15.3 Å². The molecule has 1 aliphatic carbocycles. The van der Waals surface area contributed by atoms with Crippen molar-refractivity contribution in [1.29, 1.82) is 0 Å². The summed E-state index contributed by atoms with van der Waals surface area (Å²) in [7, 11) is 3.69. The van der Waals surface area contributed by atoms with E-state index in [-0.39, 0.29) is 18.7 Å². The Morgan fingerprint density at radius 1 is 1.42 bits per heavy atom. The second-order valence-electron chi connectivity index (χ2n) is 6.70. The van der Waals surface area contributed by atoms with Gasteiger partial charge in [0.1, 0.15) is 0 Å². The van der Waals surface area contributed by atoms with Crippen LogP contribution in [0.15, 0.2) is 12.3 Å². The van der Waals surface area contributed by atoms with Gasteiger partial charge in [-0.05, 0) is 44.6 Å². The fraction of sp³-hybridized carbons (Fsp3) is 0.588. The average molecular weight is 331 g/mol. The van der Waals surface area contributed by atoms with Crippen LogP contribution in [0.5, 0.6) is 0 Å². The van der Waals surface area contributed by atoms with Crippen molar-refractivity contribution in [1.82, 2.24) is 19.7 Å². The molecule has 1 saturated carbocycles. The number of aliphatic hydroxyl groups excluding tert-OH is 1. The minimum atomic E-state index is -0.120. The van der Waals surface area contributed by atoms with E-state index in [4.69, 9.17) is 0 Å². The number of aromatic nitrogens is 3. The summed E-state index contributed by atoms with van der Waals surface area (Å²) in [6.07, 6.45) is 5.49. The number of carbonyl (C=O) groups is 1. The summed E-state index contributed by atoms with van der Waals surface area (Å²) in [5.74, 6) is 0.387. The number of nitrogens with one attached hydrogen (secondary N) is 1. The van der Waals surface area contributed by atoms with Crippen LogP contribution in [0, 0.1) is 12.8 Å². The minimum absolute atomic E-state index is 0.120. The summed E-state index contributed by atoms with van der Waals surface area (Å²) in [6.45, 7) is 2.18. The number of hydrogen-bond donors (Lipinski definition) is 2. The average Bonchev–Trinajstić information content (AvgIpc) is 2.88. The normalized spacial score (nSPS) is 21.0. The van der Waals surface area contributed by atoms with E-state index in [2.05, 4.69) is 15.4 Å². The van der Waals surface area contributed by atoms with Gasteiger partial charge in [0.2, 0.25) is 0 Å². The van der Waals surface area contributed by atoms with Crippen LogP contribution in [0.2, 0.25) is 0 Å². The highest BCUT2D eigenvalue weighted by molar-refractivity contribution is 5.92. The number of amides is 2. The molecule has 2 aromatic heterocycles. The van der Waals surface area contributed by atoms with Crippen LogP contribution < -0.4 is 5.32 Å². The SMILES string of the molecule is Cc1nn(C)c2ncc(NC(=O)N(C)C3CCC(CO)CC3)cc12. The third-order valence-electron chi connectivity index (χ3n) is 5.06. The first kappa shape index (κ1) is 16.7. The molecule has 7 nitrogen and oxygen atoms in total. The molecule has 0 aromatic carbocycles. The van der Waals surface area contributed by atoms with Gasteiger partial charge >= 0.3 is 6.03 Å². The van der Waals surface area contributed by atoms with Crippen molar-refractivity contribution in [2.45, 2.75) is 38.6 Å². The monoisotopic (exact) mass is 331 g/mol. The fourth-order valence-electron chi connectivity index (χ4n) is 3.47. The van der Waals surface area contributed by atoms with E-state index >= 15 is 0 Å². The van der Waals surface area contributed by atoms with Crippen LogP contribution in [0.1, 0.15) is 31.4 Å². The predicted octanol–water partition coefficient (Wildman–Crippen LogP) is 2.29. The maximum atomic E-state index is 12.5. The Bertz CT molecular complexity index is 734. The van der Waals surface area contributed by atoms with Crippen molar-refractivity contribution in [3.8, 4) is 0 Å². The second-order valence-corrected chi connectivity index (χ2v) is 6.70. The smallest absolute Gasteiger partial charge is 0.321 e. The molecule has 7 heteroatoms. The topological polar surface area (TPSA) is 83.3 Å². The molecular formula is C17H25N5O2. The number of pyridine rings is 1. The van der Waals surface area contributed by atoms with Gasteiger partial charge in [0, 0.05) is 32.1 Å². The van der Waals surface area contributed by atoms with Crippen LogP contribution in [-0.4, -0.2) is 50.5 Å². The van der Waals surface area contributed by atoms with Crippen molar-refractivity contribution in [3.05, 3.63) is 18.0 Å². The third-order valence-corrected chi connectivity index (χ3v) is 5.06. The Balaban J connectivity index is 1.67. The molecular weight excluding hydrogens is 306 g/mol. The van der Waals surface area contributed by atoms with Crippen LogP contribution in [0.3, 0.4) is 0 Å². The zero-order chi connectivity index (χ0) is 17.3. The molecule has 3 rings (SSSR count). The standard InChI is InChI=1S/C17H25N5O2/c1-11-15-8-13(9-18-16(15)22(3)20-11)19-17(24)21(2)14-6-4-12(10-23)5-7-14/h8-9,12,14,23H,4-7,10H2,1-3H3,(H,19,24). The molecule has 24 heavy (non-hydrogen) atoms. The third kappa shape index (κ3) is 3.21. The summed E-state index contributed by atoms with van der Waals surface area (Å²) in [5, 5.41) is 17.4. The minimum Gasteiger partial charge on any atom is -0.396 e. The number of anilines is 1. The largest absolute Gasteiger partial charge is 0.396 e. The second kappa shape index (κ2) is 6.76. The molecule has 130 valence electrons. The number of fused-ring (bicyclic) bond motifs is 1. The van der Waals surface area contributed by atoms with Gasteiger partial charge in [0.05, 0.1) is 17.6 Å². The zero-order valence-corrected chi connectivity index (χ0v) is 14.5. The summed E-state index contributed by atoms with van der Waals surface area (Å²) in [5.41, 5.74) is 2.38. The Morgan fingerprint density at radius 3 is 2.79 bits per heavy atom. The lowest BCUT2D eigenvalue weighted by molar-refractivity contribution is 0.139. The Labute approximate surface area is 141 Å². The van der Waals surface area contributed by atoms with Gasteiger partial charge in [-0.3, -0.25) is 4.68 Å². The molecule has 0 radical (unpaired) electrons. The molecule has 0 saturated heterocycles. The van der Waals surface area contributed by atoms with Gasteiger partial charge in [-0.25, -0.2) is 9.78 Å². The molecule has 1 aliphatic rings. The number of aryl methyl sites for hydroxylation is 2. The van der Waals surface area contributed by atoms with Crippen molar-refractivity contribution in [3.63, 3.8) is 0 Å². The van der Waals surface area contributed by atoms with Crippen LogP contribution in [0.25, 0.3) is 11.0 Å². The van der Waals surface area contributed by atoms with E-state index in [0.717, 1.165) is 42.4 Å². The molecule has 2 N–H and O–H groups in total. The van der Waals surface area contributed by atoms with Crippen LogP contribution >= 0.6 is 0 Å². The van der Waals surface area contributed by atoms with E-state index in [1.165, 1.54) is 0 Å². The van der Waals surface area contributed by atoms with Crippen molar-refractivity contribution < 1.29 is 9.90 Å². The lowest BCUT2D eigenvalue weighted by Crippen LogP contribution is -2.42. The molecule has 0 atom stereocenters. The highest BCUT2D eigenvalue weighted by Crippen LogP contribution is 2.27. The maximum Gasteiger partial charge on any atom is 0.321 e. The highest BCUT2D eigenvalue weighted by Gasteiger charge is 2.26.